The Morgan fingerprint density at radius 2 is 2.07 bits per heavy atom. The number of nitrogens with zero attached hydrogens (tertiary/aromatic N) is 1. The Kier molecular flexibility index (Phi) is 3.51. The summed E-state index contributed by atoms with van der Waals surface area (Å²) in [5, 5.41) is 0. The van der Waals surface area contributed by atoms with E-state index in [4.69, 9.17) is 0 Å². The van der Waals surface area contributed by atoms with Gasteiger partial charge in [-0.15, -0.1) is 0 Å². The normalized spacial score (nSPS) is 22.5. The third kappa shape index (κ3) is 2.66. The van der Waals surface area contributed by atoms with Crippen LogP contribution in [0.15, 0.2) is 30.3 Å². The highest BCUT2D eigenvalue weighted by atomic mass is 16.1. The summed E-state index contributed by atoms with van der Waals surface area (Å²) >= 11 is 0. The van der Waals surface area contributed by atoms with Crippen molar-refractivity contribution in [3.63, 3.8) is 0 Å². The van der Waals surface area contributed by atoms with Gasteiger partial charge in [-0.3, -0.25) is 9.69 Å². The number of benzene rings is 1. The molecular formula is C13H16NO. The maximum absolute atomic E-state index is 10.8. The summed E-state index contributed by atoms with van der Waals surface area (Å²) in [5.74, 6) is 0. The summed E-state index contributed by atoms with van der Waals surface area (Å²) in [4.78, 5) is 13.0. The van der Waals surface area contributed by atoms with E-state index in [1.54, 1.807) is 0 Å². The van der Waals surface area contributed by atoms with Crippen molar-refractivity contribution >= 4 is 6.29 Å². The zero-order valence-electron chi connectivity index (χ0n) is 8.86. The lowest BCUT2D eigenvalue weighted by molar-refractivity contribution is 0.180. The van der Waals surface area contributed by atoms with Crippen molar-refractivity contribution in [1.82, 2.24) is 4.90 Å². The molecule has 2 rings (SSSR count). The molecule has 0 bridgehead atoms. The number of rotatable bonds is 3. The maximum Gasteiger partial charge on any atom is 0.217 e. The van der Waals surface area contributed by atoms with Crippen LogP contribution < -0.4 is 0 Å². The molecule has 15 heavy (non-hydrogen) atoms. The second-order valence-corrected chi connectivity index (χ2v) is 4.09. The second kappa shape index (κ2) is 5.08. The molecule has 1 aromatic rings. The number of carbonyl (C=O) groups excluding carboxylic acids is 1. The Bertz CT molecular complexity index is 310. The van der Waals surface area contributed by atoms with Crippen LogP contribution in [0.1, 0.15) is 24.8 Å². The first-order valence-electron chi connectivity index (χ1n) is 5.56. The molecule has 0 aliphatic carbocycles. The quantitative estimate of drug-likeness (QED) is 0.748. The van der Waals surface area contributed by atoms with Gasteiger partial charge in [0.1, 0.15) is 0 Å². The summed E-state index contributed by atoms with van der Waals surface area (Å²) in [5.41, 5.74) is 1.28. The molecule has 1 aliphatic heterocycles. The molecule has 1 saturated heterocycles. The first-order chi connectivity index (χ1) is 7.40. The van der Waals surface area contributed by atoms with Gasteiger partial charge in [-0.2, -0.15) is 0 Å². The highest BCUT2D eigenvalue weighted by Crippen LogP contribution is 2.17. The number of hydrogen-bond acceptors (Lipinski definition) is 2. The molecule has 0 aromatic heterocycles. The lowest BCUT2D eigenvalue weighted by atomic mass is 10.0. The fourth-order valence-corrected chi connectivity index (χ4v) is 2.13. The van der Waals surface area contributed by atoms with Crippen molar-refractivity contribution in [3.05, 3.63) is 35.9 Å². The third-order valence-corrected chi connectivity index (χ3v) is 2.98. The van der Waals surface area contributed by atoms with Crippen LogP contribution in [-0.2, 0) is 11.3 Å². The van der Waals surface area contributed by atoms with Crippen molar-refractivity contribution in [3.8, 4) is 0 Å². The standard InChI is InChI=1S/C13H16NO/c15-11-13-8-4-5-9-14(13)10-12-6-2-1-3-7-12/h1-3,6-7,13H,4-5,8-10H2. The zero-order chi connectivity index (χ0) is 10.5. The van der Waals surface area contributed by atoms with E-state index in [2.05, 4.69) is 23.3 Å². The molecule has 1 aliphatic rings. The Labute approximate surface area is 90.9 Å². The molecule has 1 atom stereocenters. The van der Waals surface area contributed by atoms with Crippen LogP contribution in [0.2, 0.25) is 0 Å². The zero-order valence-corrected chi connectivity index (χ0v) is 8.86. The van der Waals surface area contributed by atoms with Gasteiger partial charge in [0.2, 0.25) is 6.29 Å². The van der Waals surface area contributed by atoms with E-state index in [1.165, 1.54) is 12.0 Å². The molecule has 2 nitrogen and oxygen atoms in total. The summed E-state index contributed by atoms with van der Waals surface area (Å²) in [7, 11) is 0. The predicted octanol–water partition coefficient (Wildman–Crippen LogP) is 2.15. The van der Waals surface area contributed by atoms with E-state index >= 15 is 0 Å². The fraction of sp³-hybridized carbons (Fsp3) is 0.462. The molecule has 0 amide bonds. The van der Waals surface area contributed by atoms with Crippen LogP contribution in [0.25, 0.3) is 0 Å². The molecule has 79 valence electrons. The minimum Gasteiger partial charge on any atom is -0.289 e. The van der Waals surface area contributed by atoms with E-state index in [9.17, 15) is 4.79 Å². The molecule has 1 heterocycles. The molecule has 1 aromatic carbocycles. The van der Waals surface area contributed by atoms with Gasteiger partial charge in [-0.05, 0) is 24.9 Å². The highest BCUT2D eigenvalue weighted by molar-refractivity contribution is 5.58. The highest BCUT2D eigenvalue weighted by Gasteiger charge is 2.22. The van der Waals surface area contributed by atoms with Gasteiger partial charge in [0.05, 0.1) is 6.04 Å². The van der Waals surface area contributed by atoms with Gasteiger partial charge >= 0.3 is 0 Å². The van der Waals surface area contributed by atoms with Crippen molar-refractivity contribution in [2.45, 2.75) is 31.8 Å². The molecule has 0 N–H and O–H groups in total. The van der Waals surface area contributed by atoms with Gasteiger partial charge in [0.25, 0.3) is 0 Å². The van der Waals surface area contributed by atoms with Gasteiger partial charge in [0, 0.05) is 6.54 Å². The van der Waals surface area contributed by atoms with Crippen LogP contribution in [-0.4, -0.2) is 23.8 Å². The molecule has 1 fully saturated rings. The van der Waals surface area contributed by atoms with Crippen LogP contribution in [0.4, 0.5) is 0 Å². The summed E-state index contributed by atoms with van der Waals surface area (Å²) in [6.45, 7) is 1.90. The second-order valence-electron chi connectivity index (χ2n) is 4.09. The van der Waals surface area contributed by atoms with E-state index in [0.717, 1.165) is 25.9 Å². The van der Waals surface area contributed by atoms with E-state index in [-0.39, 0.29) is 6.04 Å². The summed E-state index contributed by atoms with van der Waals surface area (Å²) in [6.07, 6.45) is 5.48. The Morgan fingerprint density at radius 1 is 1.27 bits per heavy atom. The van der Waals surface area contributed by atoms with Crippen LogP contribution >= 0.6 is 0 Å². The van der Waals surface area contributed by atoms with Crippen LogP contribution in [0, 0.1) is 0 Å². The molecule has 0 saturated carbocycles. The lowest BCUT2D eigenvalue weighted by Gasteiger charge is -2.31. The first-order valence-corrected chi connectivity index (χ1v) is 5.56. The third-order valence-electron chi connectivity index (χ3n) is 2.98. The number of likely N-dealkylation sites (tertiary alicyclic amines) is 1. The predicted molar refractivity (Wildman–Crippen MR) is 60.2 cm³/mol. The molecule has 1 unspecified atom stereocenters. The summed E-state index contributed by atoms with van der Waals surface area (Å²) < 4.78 is 0. The average molecular weight is 202 g/mol. The smallest absolute Gasteiger partial charge is 0.217 e. The van der Waals surface area contributed by atoms with E-state index < -0.39 is 0 Å². The number of piperidine rings is 1. The first kappa shape index (κ1) is 10.4. The molecule has 1 radical (unpaired) electrons. The minimum absolute atomic E-state index is 0.0129. The Balaban J connectivity index is 2.00. The topological polar surface area (TPSA) is 20.3 Å². The van der Waals surface area contributed by atoms with E-state index in [1.807, 2.05) is 18.2 Å². The van der Waals surface area contributed by atoms with Crippen LogP contribution in [0.5, 0.6) is 0 Å². The molecule has 2 heteroatoms. The monoisotopic (exact) mass is 202 g/mol. The van der Waals surface area contributed by atoms with Gasteiger partial charge in [-0.1, -0.05) is 36.8 Å². The van der Waals surface area contributed by atoms with Crippen LogP contribution in [0.3, 0.4) is 0 Å². The van der Waals surface area contributed by atoms with Crippen molar-refractivity contribution in [2.24, 2.45) is 0 Å². The summed E-state index contributed by atoms with van der Waals surface area (Å²) in [6, 6.07) is 10.3. The number of hydrogen-bond donors (Lipinski definition) is 0. The Hall–Kier alpha value is -1.15. The van der Waals surface area contributed by atoms with Gasteiger partial charge < -0.3 is 0 Å². The molecule has 0 spiro atoms. The fourth-order valence-electron chi connectivity index (χ4n) is 2.13. The van der Waals surface area contributed by atoms with E-state index in [0.29, 0.717) is 0 Å². The van der Waals surface area contributed by atoms with Crippen molar-refractivity contribution in [1.29, 1.82) is 0 Å². The minimum atomic E-state index is 0.0129. The van der Waals surface area contributed by atoms with Crippen molar-refractivity contribution < 1.29 is 4.79 Å². The van der Waals surface area contributed by atoms with Gasteiger partial charge in [0.15, 0.2) is 0 Å². The lowest BCUT2D eigenvalue weighted by Crippen LogP contribution is -2.39. The largest absolute Gasteiger partial charge is 0.289 e. The molecular weight excluding hydrogens is 186 g/mol. The Morgan fingerprint density at radius 3 is 2.80 bits per heavy atom. The van der Waals surface area contributed by atoms with Crippen molar-refractivity contribution in [2.75, 3.05) is 6.54 Å². The van der Waals surface area contributed by atoms with Gasteiger partial charge in [-0.25, -0.2) is 0 Å². The average Bonchev–Trinajstić information content (AvgIpc) is 2.31. The maximum atomic E-state index is 10.8. The SMILES string of the molecule is O=[C]C1CCCCN1Cc1ccccc1.